The molecule has 1 fully saturated rings. The maximum Gasteiger partial charge on any atom is 0.110 e. The zero-order valence-corrected chi connectivity index (χ0v) is 11.1. The van der Waals surface area contributed by atoms with Crippen molar-refractivity contribution in [1.82, 2.24) is 5.32 Å². The molecule has 5 unspecified atom stereocenters. The number of methoxy groups -OCH3 is 1. The summed E-state index contributed by atoms with van der Waals surface area (Å²) in [6.45, 7) is 4.51. The number of aliphatic hydroxyl groups excluding tert-OH is 2. The van der Waals surface area contributed by atoms with Crippen molar-refractivity contribution in [3.8, 4) is 0 Å². The van der Waals surface area contributed by atoms with Gasteiger partial charge in [0.25, 0.3) is 0 Å². The number of likely N-dealkylation sites (N-methyl/N-ethyl adjacent to an activating group) is 1. The molecule has 1 aliphatic heterocycles. The van der Waals surface area contributed by atoms with Crippen molar-refractivity contribution in [2.45, 2.75) is 50.7 Å². The number of hydrogen-bond donors (Lipinski definition) is 3. The Balaban J connectivity index is 2.72. The highest BCUT2D eigenvalue weighted by molar-refractivity contribution is 4.95. The summed E-state index contributed by atoms with van der Waals surface area (Å²) in [4.78, 5) is 0. The van der Waals surface area contributed by atoms with Crippen LogP contribution in [0.15, 0.2) is 0 Å². The van der Waals surface area contributed by atoms with Gasteiger partial charge in [-0.1, -0.05) is 13.8 Å². The second-order valence-corrected chi connectivity index (χ2v) is 5.09. The van der Waals surface area contributed by atoms with Crippen LogP contribution in [0.1, 0.15) is 20.3 Å². The number of aliphatic hydroxyl groups is 2. The Kier molecular flexibility index (Phi) is 5.82. The van der Waals surface area contributed by atoms with Gasteiger partial charge in [0.05, 0.1) is 18.8 Å². The molecular formula is C12H25NO4. The van der Waals surface area contributed by atoms with Gasteiger partial charge in [0, 0.05) is 7.11 Å². The lowest BCUT2D eigenvalue weighted by molar-refractivity contribution is -0.199. The van der Waals surface area contributed by atoms with Crippen molar-refractivity contribution in [3.63, 3.8) is 0 Å². The predicted molar refractivity (Wildman–Crippen MR) is 64.9 cm³/mol. The van der Waals surface area contributed by atoms with E-state index in [-0.39, 0.29) is 12.1 Å². The Morgan fingerprint density at radius 2 is 1.88 bits per heavy atom. The molecule has 0 aliphatic carbocycles. The SMILES string of the molecule is CNC1C(CC(C)C)OC(COC)C(O)C1O. The maximum absolute atomic E-state index is 10.1. The van der Waals surface area contributed by atoms with Crippen LogP contribution < -0.4 is 5.32 Å². The molecule has 0 radical (unpaired) electrons. The first-order valence-electron chi connectivity index (χ1n) is 6.19. The summed E-state index contributed by atoms with van der Waals surface area (Å²) >= 11 is 0. The normalized spacial score (nSPS) is 38.6. The molecule has 5 nitrogen and oxygen atoms in total. The van der Waals surface area contributed by atoms with Gasteiger partial charge in [-0.05, 0) is 19.4 Å². The summed E-state index contributed by atoms with van der Waals surface area (Å²) in [7, 11) is 3.33. The Hall–Kier alpha value is -0.200. The highest BCUT2D eigenvalue weighted by atomic mass is 16.6. The average Bonchev–Trinajstić information content (AvgIpc) is 2.25. The first kappa shape index (κ1) is 14.9. The largest absolute Gasteiger partial charge is 0.389 e. The number of ether oxygens (including phenoxy) is 2. The zero-order chi connectivity index (χ0) is 13.0. The second-order valence-electron chi connectivity index (χ2n) is 5.09. The zero-order valence-electron chi connectivity index (χ0n) is 11.1. The molecule has 3 N–H and O–H groups in total. The fourth-order valence-electron chi connectivity index (χ4n) is 2.37. The number of hydrogen-bond acceptors (Lipinski definition) is 5. The van der Waals surface area contributed by atoms with Crippen molar-refractivity contribution in [1.29, 1.82) is 0 Å². The lowest BCUT2D eigenvalue weighted by Gasteiger charge is -2.43. The van der Waals surface area contributed by atoms with Crippen molar-refractivity contribution < 1.29 is 19.7 Å². The molecule has 0 aromatic carbocycles. The van der Waals surface area contributed by atoms with E-state index in [1.165, 1.54) is 0 Å². The van der Waals surface area contributed by atoms with Crippen LogP contribution in [0.4, 0.5) is 0 Å². The maximum atomic E-state index is 10.1. The Morgan fingerprint density at radius 3 is 2.35 bits per heavy atom. The first-order chi connectivity index (χ1) is 8.01. The third kappa shape index (κ3) is 3.63. The van der Waals surface area contributed by atoms with E-state index in [1.54, 1.807) is 14.2 Å². The second kappa shape index (κ2) is 6.66. The smallest absolute Gasteiger partial charge is 0.110 e. The molecule has 1 aliphatic rings. The fourth-order valence-corrected chi connectivity index (χ4v) is 2.37. The van der Waals surface area contributed by atoms with Gasteiger partial charge in [-0.3, -0.25) is 0 Å². The van der Waals surface area contributed by atoms with E-state index in [0.29, 0.717) is 12.5 Å². The minimum atomic E-state index is -0.907. The van der Waals surface area contributed by atoms with Gasteiger partial charge in [0.2, 0.25) is 0 Å². The summed E-state index contributed by atoms with van der Waals surface area (Å²) in [6, 6.07) is -0.236. The third-order valence-corrected chi connectivity index (χ3v) is 3.22. The van der Waals surface area contributed by atoms with E-state index in [0.717, 1.165) is 6.42 Å². The molecule has 5 atom stereocenters. The van der Waals surface area contributed by atoms with Gasteiger partial charge >= 0.3 is 0 Å². The Morgan fingerprint density at radius 1 is 1.24 bits per heavy atom. The van der Waals surface area contributed by atoms with E-state index in [9.17, 15) is 10.2 Å². The number of rotatable bonds is 5. The van der Waals surface area contributed by atoms with Crippen molar-refractivity contribution >= 4 is 0 Å². The van der Waals surface area contributed by atoms with Gasteiger partial charge in [-0.25, -0.2) is 0 Å². The van der Waals surface area contributed by atoms with E-state index in [1.807, 2.05) is 0 Å². The van der Waals surface area contributed by atoms with Gasteiger partial charge in [-0.15, -0.1) is 0 Å². The van der Waals surface area contributed by atoms with Crippen LogP contribution in [0, 0.1) is 5.92 Å². The molecule has 102 valence electrons. The van der Waals surface area contributed by atoms with Gasteiger partial charge in [0.15, 0.2) is 0 Å². The highest BCUT2D eigenvalue weighted by Crippen LogP contribution is 2.25. The van der Waals surface area contributed by atoms with Crippen molar-refractivity contribution in [3.05, 3.63) is 0 Å². The van der Waals surface area contributed by atoms with Gasteiger partial charge in [0.1, 0.15) is 18.3 Å². The molecule has 0 aromatic heterocycles. The number of nitrogens with one attached hydrogen (secondary N) is 1. The molecule has 0 aromatic rings. The highest BCUT2D eigenvalue weighted by Gasteiger charge is 2.43. The lowest BCUT2D eigenvalue weighted by atomic mass is 9.89. The molecule has 5 heteroatoms. The predicted octanol–water partition coefficient (Wildman–Crippen LogP) is -0.244. The summed E-state index contributed by atoms with van der Waals surface area (Å²) in [5.41, 5.74) is 0. The van der Waals surface area contributed by atoms with E-state index >= 15 is 0 Å². The van der Waals surface area contributed by atoms with Crippen LogP contribution in [-0.2, 0) is 9.47 Å². The Labute approximate surface area is 103 Å². The van der Waals surface area contributed by atoms with Crippen LogP contribution in [0.2, 0.25) is 0 Å². The monoisotopic (exact) mass is 247 g/mol. The van der Waals surface area contributed by atoms with Crippen molar-refractivity contribution in [2.24, 2.45) is 5.92 Å². The quantitative estimate of drug-likeness (QED) is 0.625. The molecular weight excluding hydrogens is 222 g/mol. The third-order valence-electron chi connectivity index (χ3n) is 3.22. The van der Waals surface area contributed by atoms with Crippen molar-refractivity contribution in [2.75, 3.05) is 20.8 Å². The molecule has 17 heavy (non-hydrogen) atoms. The molecule has 0 saturated carbocycles. The molecule has 1 saturated heterocycles. The summed E-state index contributed by atoms with van der Waals surface area (Å²) in [5.74, 6) is 0.474. The fraction of sp³-hybridized carbons (Fsp3) is 1.00. The standard InChI is InChI=1S/C12H25NO4/c1-7(2)5-8-10(13-3)12(15)11(14)9(17-8)6-16-4/h7-15H,5-6H2,1-4H3. The Bertz CT molecular complexity index is 223. The summed E-state index contributed by atoms with van der Waals surface area (Å²) in [6.07, 6.45) is -1.44. The minimum Gasteiger partial charge on any atom is -0.389 e. The minimum absolute atomic E-state index is 0.0986. The summed E-state index contributed by atoms with van der Waals surface area (Å²) in [5, 5.41) is 23.0. The summed E-state index contributed by atoms with van der Waals surface area (Å²) < 4.78 is 10.8. The van der Waals surface area contributed by atoms with Gasteiger partial charge in [-0.2, -0.15) is 0 Å². The van der Waals surface area contributed by atoms with Gasteiger partial charge < -0.3 is 25.0 Å². The molecule has 1 rings (SSSR count). The van der Waals surface area contributed by atoms with Crippen LogP contribution in [-0.4, -0.2) is 61.4 Å². The molecule has 0 amide bonds. The van der Waals surface area contributed by atoms with E-state index in [4.69, 9.17) is 9.47 Å². The lowest BCUT2D eigenvalue weighted by Crippen LogP contribution is -2.62. The van der Waals surface area contributed by atoms with E-state index in [2.05, 4.69) is 19.2 Å². The molecule has 0 bridgehead atoms. The van der Waals surface area contributed by atoms with Crippen LogP contribution >= 0.6 is 0 Å². The first-order valence-corrected chi connectivity index (χ1v) is 6.19. The topological polar surface area (TPSA) is 71.0 Å². The van der Waals surface area contributed by atoms with Crippen LogP contribution in [0.3, 0.4) is 0 Å². The van der Waals surface area contributed by atoms with E-state index < -0.39 is 18.3 Å². The van der Waals surface area contributed by atoms with Crippen LogP contribution in [0.25, 0.3) is 0 Å². The molecule has 0 spiro atoms. The average molecular weight is 247 g/mol. The van der Waals surface area contributed by atoms with Crippen LogP contribution in [0.5, 0.6) is 0 Å². The molecule has 1 heterocycles.